The number of rotatable bonds is 7. The fourth-order valence-electron chi connectivity index (χ4n) is 2.13. The van der Waals surface area contributed by atoms with Crippen LogP contribution in [0, 0.1) is 0 Å². The number of hydrogen-bond acceptors (Lipinski definition) is 5. The van der Waals surface area contributed by atoms with Gasteiger partial charge in [-0.25, -0.2) is 9.98 Å². The van der Waals surface area contributed by atoms with Crippen molar-refractivity contribution < 1.29 is 27.4 Å². The number of aromatic nitrogens is 1. The number of ether oxygens (including phenoxy) is 3. The van der Waals surface area contributed by atoms with Crippen LogP contribution in [0.5, 0.6) is 17.4 Å². The van der Waals surface area contributed by atoms with E-state index in [0.717, 1.165) is 6.07 Å². The third-order valence-electron chi connectivity index (χ3n) is 3.34. The minimum atomic E-state index is -4.54. The molecule has 1 aromatic heterocycles. The largest absolute Gasteiger partial charge is 0.493 e. The number of hydrogen-bond donors (Lipinski definition) is 2. The van der Waals surface area contributed by atoms with Crippen LogP contribution in [0.2, 0.25) is 0 Å². The molecule has 1 heterocycles. The van der Waals surface area contributed by atoms with E-state index in [9.17, 15) is 13.2 Å². The average molecular weight is 384 g/mol. The molecule has 7 nitrogen and oxygen atoms in total. The lowest BCUT2D eigenvalue weighted by atomic mass is 10.2. The predicted molar refractivity (Wildman–Crippen MR) is 94.4 cm³/mol. The van der Waals surface area contributed by atoms with E-state index in [4.69, 9.17) is 19.9 Å². The molecule has 27 heavy (non-hydrogen) atoms. The molecule has 2 aromatic rings. The molecule has 2 rings (SSSR count). The molecule has 10 heteroatoms. The van der Waals surface area contributed by atoms with Gasteiger partial charge in [0.15, 0.2) is 17.5 Å². The maximum Gasteiger partial charge on any atom is 0.421 e. The standard InChI is InChI=1S/C17H19F3N4O3/c1-25-13-6-5-11(10-14(13)26-2)24-16(21)23-8-9-27-15-12(17(18,19)20)4-3-7-22-15/h3-7,10H,8-9H2,1-2H3,(H3,21,23,24). The maximum absolute atomic E-state index is 12.8. The topological polar surface area (TPSA) is 91.0 Å². The molecule has 146 valence electrons. The molecule has 0 aliphatic heterocycles. The summed E-state index contributed by atoms with van der Waals surface area (Å²) in [4.78, 5) is 7.60. The highest BCUT2D eigenvalue weighted by atomic mass is 19.4. The maximum atomic E-state index is 12.8. The van der Waals surface area contributed by atoms with Gasteiger partial charge in [-0.3, -0.25) is 0 Å². The van der Waals surface area contributed by atoms with Crippen LogP contribution < -0.4 is 25.3 Å². The Balaban J connectivity index is 1.92. The number of nitrogens with zero attached hydrogens (tertiary/aromatic N) is 2. The van der Waals surface area contributed by atoms with Crippen molar-refractivity contribution in [3.8, 4) is 17.4 Å². The van der Waals surface area contributed by atoms with Gasteiger partial charge in [-0.1, -0.05) is 0 Å². The summed E-state index contributed by atoms with van der Waals surface area (Å²) in [5, 5.41) is 2.84. The Kier molecular flexibility index (Phi) is 6.69. The zero-order valence-corrected chi connectivity index (χ0v) is 14.7. The summed E-state index contributed by atoms with van der Waals surface area (Å²) in [5.74, 6) is 0.644. The van der Waals surface area contributed by atoms with Gasteiger partial charge in [0.2, 0.25) is 5.88 Å². The summed E-state index contributed by atoms with van der Waals surface area (Å²) in [6, 6.07) is 7.17. The molecule has 0 aliphatic rings. The van der Waals surface area contributed by atoms with E-state index < -0.39 is 17.6 Å². The minimum absolute atomic E-state index is 0.0417. The molecule has 1 aromatic carbocycles. The normalized spacial score (nSPS) is 11.8. The van der Waals surface area contributed by atoms with Crippen molar-refractivity contribution in [1.82, 2.24) is 4.98 Å². The van der Waals surface area contributed by atoms with Gasteiger partial charge in [-0.05, 0) is 24.3 Å². The Bertz CT molecular complexity index is 797. The third-order valence-corrected chi connectivity index (χ3v) is 3.34. The van der Waals surface area contributed by atoms with Gasteiger partial charge in [-0.2, -0.15) is 13.2 Å². The molecular formula is C17H19F3N4O3. The third kappa shape index (κ3) is 5.66. The predicted octanol–water partition coefficient (Wildman–Crippen LogP) is 2.92. The van der Waals surface area contributed by atoms with Crippen LogP contribution in [-0.4, -0.2) is 38.3 Å². The van der Waals surface area contributed by atoms with E-state index in [1.165, 1.54) is 26.5 Å². The van der Waals surface area contributed by atoms with E-state index in [1.54, 1.807) is 18.2 Å². The number of nitrogens with two attached hydrogens (primary N) is 1. The van der Waals surface area contributed by atoms with E-state index in [0.29, 0.717) is 17.2 Å². The van der Waals surface area contributed by atoms with Crippen molar-refractivity contribution in [3.63, 3.8) is 0 Å². The first-order chi connectivity index (χ1) is 12.8. The summed E-state index contributed by atoms with van der Waals surface area (Å²) >= 11 is 0. The van der Waals surface area contributed by atoms with Gasteiger partial charge in [0.1, 0.15) is 12.2 Å². The number of nitrogens with one attached hydrogen (secondary N) is 1. The van der Waals surface area contributed by atoms with Crippen molar-refractivity contribution in [3.05, 3.63) is 42.1 Å². The fraction of sp³-hybridized carbons (Fsp3) is 0.294. The Morgan fingerprint density at radius 3 is 2.59 bits per heavy atom. The SMILES string of the molecule is COc1ccc(NC(N)=NCCOc2ncccc2C(F)(F)F)cc1OC. The summed E-state index contributed by atoms with van der Waals surface area (Å²) in [6.45, 7) is -0.0750. The number of halogens is 3. The highest BCUT2D eigenvalue weighted by Gasteiger charge is 2.34. The van der Waals surface area contributed by atoms with Gasteiger partial charge in [0.25, 0.3) is 0 Å². The molecule has 0 radical (unpaired) electrons. The van der Waals surface area contributed by atoms with Crippen molar-refractivity contribution in [2.24, 2.45) is 10.7 Å². The number of guanidine groups is 1. The monoisotopic (exact) mass is 384 g/mol. The first kappa shape index (κ1) is 20.1. The van der Waals surface area contributed by atoms with Crippen LogP contribution in [0.25, 0.3) is 0 Å². The molecule has 0 aliphatic carbocycles. The van der Waals surface area contributed by atoms with Crippen molar-refractivity contribution >= 4 is 11.6 Å². The number of benzene rings is 1. The van der Waals surface area contributed by atoms with E-state index >= 15 is 0 Å². The number of anilines is 1. The van der Waals surface area contributed by atoms with Crippen LogP contribution in [0.4, 0.5) is 18.9 Å². The first-order valence-corrected chi connectivity index (χ1v) is 7.79. The molecule has 0 amide bonds. The first-order valence-electron chi connectivity index (χ1n) is 7.79. The summed E-state index contributed by atoms with van der Waals surface area (Å²) in [6.07, 6.45) is -3.32. The molecule has 0 saturated heterocycles. The number of aliphatic imine (C=N–C) groups is 1. The molecular weight excluding hydrogens is 365 g/mol. The fourth-order valence-corrected chi connectivity index (χ4v) is 2.13. The van der Waals surface area contributed by atoms with E-state index in [2.05, 4.69) is 15.3 Å². The lowest BCUT2D eigenvalue weighted by Crippen LogP contribution is -2.23. The van der Waals surface area contributed by atoms with Gasteiger partial charge in [-0.15, -0.1) is 0 Å². The lowest BCUT2D eigenvalue weighted by molar-refractivity contribution is -0.139. The lowest BCUT2D eigenvalue weighted by Gasteiger charge is -2.12. The number of pyridine rings is 1. The molecule has 0 fully saturated rings. The van der Waals surface area contributed by atoms with E-state index in [1.807, 2.05) is 0 Å². The molecule has 0 atom stereocenters. The zero-order valence-electron chi connectivity index (χ0n) is 14.7. The second-order valence-corrected chi connectivity index (χ2v) is 5.16. The molecule has 0 spiro atoms. The highest BCUT2D eigenvalue weighted by Crippen LogP contribution is 2.34. The summed E-state index contributed by atoms with van der Waals surface area (Å²) in [7, 11) is 3.02. The van der Waals surface area contributed by atoms with Gasteiger partial charge < -0.3 is 25.3 Å². The van der Waals surface area contributed by atoms with Gasteiger partial charge >= 0.3 is 6.18 Å². The smallest absolute Gasteiger partial charge is 0.421 e. The van der Waals surface area contributed by atoms with Crippen molar-refractivity contribution in [2.75, 3.05) is 32.7 Å². The molecule has 0 saturated carbocycles. The second-order valence-electron chi connectivity index (χ2n) is 5.16. The Hall–Kier alpha value is -3.17. The van der Waals surface area contributed by atoms with Crippen molar-refractivity contribution in [2.45, 2.75) is 6.18 Å². The van der Waals surface area contributed by atoms with Crippen LogP contribution in [0.3, 0.4) is 0 Å². The van der Waals surface area contributed by atoms with Gasteiger partial charge in [0, 0.05) is 18.0 Å². The molecule has 0 unspecified atom stereocenters. The zero-order chi connectivity index (χ0) is 19.9. The second kappa shape index (κ2) is 8.97. The van der Waals surface area contributed by atoms with E-state index in [-0.39, 0.29) is 19.1 Å². The molecule has 0 bridgehead atoms. The van der Waals surface area contributed by atoms with Crippen LogP contribution in [0.1, 0.15) is 5.56 Å². The van der Waals surface area contributed by atoms with Crippen LogP contribution in [-0.2, 0) is 6.18 Å². The quantitative estimate of drug-likeness (QED) is 0.433. The van der Waals surface area contributed by atoms with Crippen molar-refractivity contribution in [1.29, 1.82) is 0 Å². The Morgan fingerprint density at radius 2 is 1.93 bits per heavy atom. The average Bonchev–Trinajstić information content (AvgIpc) is 2.64. The Morgan fingerprint density at radius 1 is 1.19 bits per heavy atom. The highest BCUT2D eigenvalue weighted by molar-refractivity contribution is 5.92. The summed E-state index contributed by atoms with van der Waals surface area (Å²) in [5.41, 5.74) is 5.43. The minimum Gasteiger partial charge on any atom is -0.493 e. The number of alkyl halides is 3. The Labute approximate surface area is 154 Å². The molecule has 3 N–H and O–H groups in total. The van der Waals surface area contributed by atoms with Crippen LogP contribution >= 0.6 is 0 Å². The number of methoxy groups -OCH3 is 2. The summed E-state index contributed by atoms with van der Waals surface area (Å²) < 4.78 is 53.9. The van der Waals surface area contributed by atoms with Crippen LogP contribution in [0.15, 0.2) is 41.5 Å². The van der Waals surface area contributed by atoms with Gasteiger partial charge in [0.05, 0.1) is 20.8 Å².